The zero-order chi connectivity index (χ0) is 18.0. The third-order valence-electron chi connectivity index (χ3n) is 3.47. The Hall–Kier alpha value is -2.78. The normalized spacial score (nSPS) is 11.2. The van der Waals surface area contributed by atoms with Crippen LogP contribution in [-0.4, -0.2) is 23.6 Å². The van der Waals surface area contributed by atoms with Crippen molar-refractivity contribution in [3.05, 3.63) is 69.2 Å². The third-order valence-corrected chi connectivity index (χ3v) is 5.04. The molecular formula is C16H14N4O3S2. The Labute approximate surface area is 148 Å². The van der Waals surface area contributed by atoms with Gasteiger partial charge in [-0.15, -0.1) is 0 Å². The van der Waals surface area contributed by atoms with Crippen molar-refractivity contribution in [1.29, 1.82) is 0 Å². The van der Waals surface area contributed by atoms with E-state index in [2.05, 4.69) is 19.9 Å². The minimum absolute atomic E-state index is 0.0378. The maximum absolute atomic E-state index is 12.6. The van der Waals surface area contributed by atoms with Crippen molar-refractivity contribution in [2.45, 2.75) is 11.8 Å². The van der Waals surface area contributed by atoms with E-state index in [1.165, 1.54) is 12.1 Å². The van der Waals surface area contributed by atoms with E-state index in [4.69, 9.17) is 12.2 Å². The van der Waals surface area contributed by atoms with Crippen molar-refractivity contribution in [1.82, 2.24) is 15.2 Å². The number of benzene rings is 2. The van der Waals surface area contributed by atoms with Crippen LogP contribution in [-0.2, 0) is 10.0 Å². The zero-order valence-electron chi connectivity index (χ0n) is 13.1. The summed E-state index contributed by atoms with van der Waals surface area (Å²) in [5.41, 5.74) is 1.06. The van der Waals surface area contributed by atoms with Crippen LogP contribution in [0.25, 0.3) is 11.3 Å². The van der Waals surface area contributed by atoms with Crippen molar-refractivity contribution in [3.8, 4) is 11.3 Å². The molecule has 0 amide bonds. The second kappa shape index (κ2) is 6.61. The highest BCUT2D eigenvalue weighted by Crippen LogP contribution is 2.26. The van der Waals surface area contributed by atoms with Gasteiger partial charge in [-0.1, -0.05) is 35.9 Å². The van der Waals surface area contributed by atoms with Crippen LogP contribution in [0.2, 0.25) is 0 Å². The van der Waals surface area contributed by atoms with Gasteiger partial charge < -0.3 is 0 Å². The summed E-state index contributed by atoms with van der Waals surface area (Å²) < 4.78 is 27.8. The van der Waals surface area contributed by atoms with Gasteiger partial charge in [0.05, 0.1) is 10.6 Å². The Balaban J connectivity index is 2.06. The Bertz CT molecular complexity index is 1130. The Morgan fingerprint density at radius 3 is 2.44 bits per heavy atom. The molecule has 0 spiro atoms. The van der Waals surface area contributed by atoms with Crippen LogP contribution < -0.4 is 10.3 Å². The predicted molar refractivity (Wildman–Crippen MR) is 97.5 cm³/mol. The van der Waals surface area contributed by atoms with E-state index in [0.29, 0.717) is 5.56 Å². The predicted octanol–water partition coefficient (Wildman–Crippen LogP) is 2.60. The van der Waals surface area contributed by atoms with Gasteiger partial charge >= 0.3 is 0 Å². The first-order chi connectivity index (χ1) is 11.9. The molecule has 3 aromatic rings. The lowest BCUT2D eigenvalue weighted by molar-refractivity contribution is 0.601. The minimum atomic E-state index is -3.80. The largest absolute Gasteiger partial charge is 0.296 e. The monoisotopic (exact) mass is 374 g/mol. The summed E-state index contributed by atoms with van der Waals surface area (Å²) in [4.78, 5) is 14.6. The molecule has 0 aliphatic carbocycles. The van der Waals surface area contributed by atoms with E-state index in [9.17, 15) is 13.2 Å². The van der Waals surface area contributed by atoms with Gasteiger partial charge in [-0.3, -0.25) is 19.6 Å². The number of sulfonamides is 1. The van der Waals surface area contributed by atoms with Crippen molar-refractivity contribution in [3.63, 3.8) is 0 Å². The molecule has 2 aromatic carbocycles. The van der Waals surface area contributed by atoms with E-state index in [-0.39, 0.29) is 21.0 Å². The topological polar surface area (TPSA) is 108 Å². The maximum Gasteiger partial charge on any atom is 0.278 e. The van der Waals surface area contributed by atoms with Gasteiger partial charge in [0.25, 0.3) is 15.6 Å². The highest BCUT2D eigenvalue weighted by atomic mass is 32.2. The molecule has 0 radical (unpaired) electrons. The number of aryl methyl sites for hydroxylation is 1. The number of anilines is 1. The van der Waals surface area contributed by atoms with Gasteiger partial charge in [-0.05, 0) is 37.3 Å². The molecule has 128 valence electrons. The molecule has 3 rings (SSSR count). The minimum Gasteiger partial charge on any atom is -0.296 e. The molecule has 0 atom stereocenters. The smallest absolute Gasteiger partial charge is 0.278 e. The van der Waals surface area contributed by atoms with Crippen LogP contribution in [0, 0.1) is 11.7 Å². The number of H-pyrrole nitrogens is 2. The summed E-state index contributed by atoms with van der Waals surface area (Å²) in [7, 11) is -3.80. The van der Waals surface area contributed by atoms with Crippen LogP contribution in [0.4, 0.5) is 5.69 Å². The second-order valence-corrected chi connectivity index (χ2v) is 7.41. The fourth-order valence-electron chi connectivity index (χ4n) is 2.23. The summed E-state index contributed by atoms with van der Waals surface area (Å²) in [5.74, 6) is 0. The number of nitrogens with zero attached hydrogens (tertiary/aromatic N) is 1. The molecule has 3 N–H and O–H groups in total. The van der Waals surface area contributed by atoms with Gasteiger partial charge in [0.15, 0.2) is 10.5 Å². The van der Waals surface area contributed by atoms with Gasteiger partial charge in [-0.2, -0.15) is 5.10 Å². The molecule has 25 heavy (non-hydrogen) atoms. The molecule has 0 saturated carbocycles. The van der Waals surface area contributed by atoms with E-state index in [1.54, 1.807) is 36.4 Å². The Morgan fingerprint density at radius 1 is 1.08 bits per heavy atom. The zero-order valence-corrected chi connectivity index (χ0v) is 14.7. The average molecular weight is 374 g/mol. The SMILES string of the molecule is Cc1ccc(S(=O)(=O)Nc2ccccc2-c2n[nH]c(=S)[nH]c2=O)cc1. The standard InChI is InChI=1S/C16H14N4O3S2/c1-10-6-8-11(9-7-10)25(22,23)20-13-5-3-2-4-12(13)14-15(21)17-16(24)19-18-14/h2-9,20H,1H3,(H2,17,19,21,24). The maximum atomic E-state index is 12.6. The molecular weight excluding hydrogens is 360 g/mol. The first-order valence-corrected chi connectivity index (χ1v) is 9.14. The van der Waals surface area contributed by atoms with Crippen molar-refractivity contribution in [2.75, 3.05) is 4.72 Å². The Kier molecular flexibility index (Phi) is 4.51. The molecule has 0 aliphatic heterocycles. The molecule has 7 nitrogen and oxygen atoms in total. The molecule has 9 heteroatoms. The lowest BCUT2D eigenvalue weighted by atomic mass is 10.1. The summed E-state index contributed by atoms with van der Waals surface area (Å²) in [6.45, 7) is 1.87. The number of hydrogen-bond acceptors (Lipinski definition) is 5. The lowest BCUT2D eigenvalue weighted by Gasteiger charge is -2.12. The van der Waals surface area contributed by atoms with Crippen LogP contribution in [0.3, 0.4) is 0 Å². The number of hydrogen-bond donors (Lipinski definition) is 3. The van der Waals surface area contributed by atoms with Crippen LogP contribution >= 0.6 is 12.2 Å². The number of rotatable bonds is 4. The summed E-state index contributed by atoms with van der Waals surface area (Å²) in [5, 5.41) is 6.41. The molecule has 0 fully saturated rings. The second-order valence-electron chi connectivity index (χ2n) is 5.32. The first-order valence-electron chi connectivity index (χ1n) is 7.25. The lowest BCUT2D eigenvalue weighted by Crippen LogP contribution is -2.17. The van der Waals surface area contributed by atoms with E-state index < -0.39 is 15.6 Å². The summed E-state index contributed by atoms with van der Waals surface area (Å²) in [6.07, 6.45) is 0. The quantitative estimate of drug-likeness (QED) is 0.609. The van der Waals surface area contributed by atoms with Gasteiger partial charge in [0.2, 0.25) is 0 Å². The summed E-state index contributed by atoms with van der Waals surface area (Å²) in [6, 6.07) is 13.0. The van der Waals surface area contributed by atoms with E-state index >= 15 is 0 Å². The van der Waals surface area contributed by atoms with E-state index in [0.717, 1.165) is 5.56 Å². The van der Waals surface area contributed by atoms with Crippen molar-refractivity contribution in [2.24, 2.45) is 0 Å². The fraction of sp³-hybridized carbons (Fsp3) is 0.0625. The number of aromatic amines is 2. The average Bonchev–Trinajstić information content (AvgIpc) is 2.56. The highest BCUT2D eigenvalue weighted by Gasteiger charge is 2.18. The fourth-order valence-corrected chi connectivity index (χ4v) is 3.45. The molecule has 0 unspecified atom stereocenters. The molecule has 1 heterocycles. The van der Waals surface area contributed by atoms with Crippen LogP contribution in [0.15, 0.2) is 58.2 Å². The van der Waals surface area contributed by atoms with Crippen molar-refractivity contribution < 1.29 is 8.42 Å². The third kappa shape index (κ3) is 3.67. The summed E-state index contributed by atoms with van der Waals surface area (Å²) >= 11 is 4.82. The van der Waals surface area contributed by atoms with Crippen LogP contribution in [0.5, 0.6) is 0 Å². The highest BCUT2D eigenvalue weighted by molar-refractivity contribution is 7.92. The molecule has 0 aliphatic rings. The van der Waals surface area contributed by atoms with Gasteiger partial charge in [0.1, 0.15) is 0 Å². The first kappa shape index (κ1) is 17.1. The van der Waals surface area contributed by atoms with Crippen LogP contribution in [0.1, 0.15) is 5.56 Å². The number of nitrogens with one attached hydrogen (secondary N) is 3. The van der Waals surface area contributed by atoms with Gasteiger partial charge in [-0.25, -0.2) is 8.42 Å². The van der Waals surface area contributed by atoms with Crippen molar-refractivity contribution >= 4 is 27.9 Å². The van der Waals surface area contributed by atoms with Gasteiger partial charge in [0, 0.05) is 5.56 Å². The molecule has 0 bridgehead atoms. The molecule has 1 aromatic heterocycles. The number of aromatic nitrogens is 3. The molecule has 0 saturated heterocycles. The Morgan fingerprint density at radius 2 is 1.76 bits per heavy atom. The van der Waals surface area contributed by atoms with E-state index in [1.807, 2.05) is 6.92 Å². The number of para-hydroxylation sites is 1.